The molecule has 0 unspecified atom stereocenters. The molecule has 2 rings (SSSR count). The molecule has 140 valence electrons. The van der Waals surface area contributed by atoms with Gasteiger partial charge < -0.3 is 10.1 Å². The number of nitrogens with one attached hydrogen (secondary N) is 1. The summed E-state index contributed by atoms with van der Waals surface area (Å²) in [5, 5.41) is 2.78. The topological polar surface area (TPSA) is 51.2 Å². The minimum absolute atomic E-state index is 0.189. The van der Waals surface area contributed by atoms with Crippen molar-refractivity contribution in [3.8, 4) is 0 Å². The highest BCUT2D eigenvalue weighted by atomic mass is 19.4. The van der Waals surface area contributed by atoms with E-state index in [9.17, 15) is 18.0 Å². The van der Waals surface area contributed by atoms with Crippen molar-refractivity contribution in [3.05, 3.63) is 65.0 Å². The van der Waals surface area contributed by atoms with Gasteiger partial charge in [-0.25, -0.2) is 0 Å². The van der Waals surface area contributed by atoms with Crippen LogP contribution < -0.4 is 5.32 Å². The number of amides is 1. The molecule has 0 radical (unpaired) electrons. The standard InChI is InChI=1S/C19H21F3N2O2/c1-13(2)9-24-18(25)17-8-5-15(10-23-17)12-26-11-14-3-6-16(7-4-14)19(20,21)22/h3-8,10,13H,9,11-12H2,1-2H3,(H,24,25). The van der Waals surface area contributed by atoms with Crippen LogP contribution in [0.5, 0.6) is 0 Å². The molecule has 1 heterocycles. The summed E-state index contributed by atoms with van der Waals surface area (Å²) >= 11 is 0. The number of carbonyl (C=O) groups excluding carboxylic acids is 1. The van der Waals surface area contributed by atoms with E-state index >= 15 is 0 Å². The van der Waals surface area contributed by atoms with Gasteiger partial charge in [0.2, 0.25) is 0 Å². The van der Waals surface area contributed by atoms with Crippen molar-refractivity contribution in [2.45, 2.75) is 33.2 Å². The maximum absolute atomic E-state index is 12.5. The zero-order chi connectivity index (χ0) is 19.2. The zero-order valence-corrected chi connectivity index (χ0v) is 14.6. The van der Waals surface area contributed by atoms with Crippen molar-refractivity contribution in [1.82, 2.24) is 10.3 Å². The molecule has 0 bridgehead atoms. The average Bonchev–Trinajstić information content (AvgIpc) is 2.60. The minimum Gasteiger partial charge on any atom is -0.372 e. The molecule has 1 N–H and O–H groups in total. The third-order valence-electron chi connectivity index (χ3n) is 3.55. The van der Waals surface area contributed by atoms with E-state index in [1.165, 1.54) is 12.1 Å². The predicted octanol–water partition coefficient (Wildman–Crippen LogP) is 4.20. The van der Waals surface area contributed by atoms with Gasteiger partial charge in [-0.2, -0.15) is 13.2 Å². The summed E-state index contributed by atoms with van der Waals surface area (Å²) in [5.74, 6) is 0.132. The number of hydrogen-bond donors (Lipinski definition) is 1. The highest BCUT2D eigenvalue weighted by Gasteiger charge is 2.29. The molecule has 1 amide bonds. The number of halogens is 3. The Morgan fingerprint density at radius 2 is 1.69 bits per heavy atom. The maximum atomic E-state index is 12.5. The summed E-state index contributed by atoms with van der Waals surface area (Å²) in [6, 6.07) is 8.21. The molecule has 1 aromatic carbocycles. The Bertz CT molecular complexity index is 711. The number of rotatable bonds is 7. The van der Waals surface area contributed by atoms with Gasteiger partial charge in [0.15, 0.2) is 0 Å². The van der Waals surface area contributed by atoms with Gasteiger partial charge in [-0.15, -0.1) is 0 Å². The van der Waals surface area contributed by atoms with Crippen LogP contribution in [0.25, 0.3) is 0 Å². The van der Waals surface area contributed by atoms with Crippen LogP contribution in [0.15, 0.2) is 42.6 Å². The van der Waals surface area contributed by atoms with Crippen molar-refractivity contribution in [3.63, 3.8) is 0 Å². The lowest BCUT2D eigenvalue weighted by Gasteiger charge is -2.09. The first kappa shape index (κ1) is 19.9. The van der Waals surface area contributed by atoms with Gasteiger partial charge in [0, 0.05) is 12.7 Å². The van der Waals surface area contributed by atoms with E-state index in [0.717, 1.165) is 17.7 Å². The van der Waals surface area contributed by atoms with Crippen LogP contribution in [-0.2, 0) is 24.1 Å². The van der Waals surface area contributed by atoms with E-state index in [0.29, 0.717) is 23.7 Å². The quantitative estimate of drug-likeness (QED) is 0.799. The Morgan fingerprint density at radius 3 is 2.23 bits per heavy atom. The van der Waals surface area contributed by atoms with Crippen molar-refractivity contribution in [2.24, 2.45) is 5.92 Å². The Kier molecular flexibility index (Phi) is 6.74. The van der Waals surface area contributed by atoms with Crippen molar-refractivity contribution in [1.29, 1.82) is 0 Å². The van der Waals surface area contributed by atoms with Crippen molar-refractivity contribution >= 4 is 5.91 Å². The third-order valence-corrected chi connectivity index (χ3v) is 3.55. The molecule has 1 aromatic heterocycles. The summed E-state index contributed by atoms with van der Waals surface area (Å²) < 4.78 is 43.0. The first-order chi connectivity index (χ1) is 12.3. The van der Waals surface area contributed by atoms with Crippen LogP contribution in [0.2, 0.25) is 0 Å². The van der Waals surface area contributed by atoms with Crippen LogP contribution in [0.3, 0.4) is 0 Å². The lowest BCUT2D eigenvalue weighted by Crippen LogP contribution is -2.28. The lowest BCUT2D eigenvalue weighted by atomic mass is 10.1. The molecule has 2 aromatic rings. The number of carbonyl (C=O) groups is 1. The number of benzene rings is 1. The van der Waals surface area contributed by atoms with Gasteiger partial charge in [0.1, 0.15) is 5.69 Å². The largest absolute Gasteiger partial charge is 0.416 e. The Hall–Kier alpha value is -2.41. The second-order valence-electron chi connectivity index (χ2n) is 6.34. The highest BCUT2D eigenvalue weighted by Crippen LogP contribution is 2.29. The number of pyridine rings is 1. The van der Waals surface area contributed by atoms with Gasteiger partial charge in [0.05, 0.1) is 18.8 Å². The van der Waals surface area contributed by atoms with Crippen LogP contribution in [0.1, 0.15) is 41.0 Å². The summed E-state index contributed by atoms with van der Waals surface area (Å²) in [4.78, 5) is 16.0. The fourth-order valence-electron chi connectivity index (χ4n) is 2.11. The Morgan fingerprint density at radius 1 is 1.08 bits per heavy atom. The Labute approximate surface area is 150 Å². The molecular weight excluding hydrogens is 345 g/mol. The molecule has 26 heavy (non-hydrogen) atoms. The summed E-state index contributed by atoms with van der Waals surface area (Å²) in [6.45, 7) is 5.03. The predicted molar refractivity (Wildman–Crippen MR) is 91.3 cm³/mol. The molecule has 0 aliphatic heterocycles. The summed E-state index contributed by atoms with van der Waals surface area (Å²) in [5.41, 5.74) is 1.07. The number of ether oxygens (including phenoxy) is 1. The smallest absolute Gasteiger partial charge is 0.372 e. The second-order valence-corrected chi connectivity index (χ2v) is 6.34. The normalized spacial score (nSPS) is 11.6. The monoisotopic (exact) mass is 366 g/mol. The number of aromatic nitrogens is 1. The fourth-order valence-corrected chi connectivity index (χ4v) is 2.11. The summed E-state index contributed by atoms with van der Waals surface area (Å²) in [6.07, 6.45) is -2.79. The molecule has 0 aliphatic carbocycles. The highest BCUT2D eigenvalue weighted by molar-refractivity contribution is 5.92. The van der Waals surface area contributed by atoms with E-state index in [4.69, 9.17) is 4.74 Å². The number of nitrogens with zero attached hydrogens (tertiary/aromatic N) is 1. The molecular formula is C19H21F3N2O2. The molecule has 0 atom stereocenters. The second kappa shape index (κ2) is 8.80. The van der Waals surface area contributed by atoms with Gasteiger partial charge in [-0.05, 0) is 35.2 Å². The van der Waals surface area contributed by atoms with Crippen molar-refractivity contribution in [2.75, 3.05) is 6.54 Å². The molecule has 0 fully saturated rings. The Balaban J connectivity index is 1.82. The molecule has 4 nitrogen and oxygen atoms in total. The first-order valence-electron chi connectivity index (χ1n) is 8.22. The van der Waals surface area contributed by atoms with Crippen LogP contribution in [0, 0.1) is 5.92 Å². The first-order valence-corrected chi connectivity index (χ1v) is 8.22. The molecule has 0 spiro atoms. The van der Waals surface area contributed by atoms with Crippen LogP contribution in [0.4, 0.5) is 13.2 Å². The van der Waals surface area contributed by atoms with Gasteiger partial charge in [-0.3, -0.25) is 9.78 Å². The number of hydrogen-bond acceptors (Lipinski definition) is 3. The van der Waals surface area contributed by atoms with Crippen LogP contribution >= 0.6 is 0 Å². The fraction of sp³-hybridized carbons (Fsp3) is 0.368. The average molecular weight is 366 g/mol. The molecule has 0 aliphatic rings. The van der Waals surface area contributed by atoms with E-state index < -0.39 is 11.7 Å². The number of alkyl halides is 3. The van der Waals surface area contributed by atoms with E-state index in [-0.39, 0.29) is 19.1 Å². The molecule has 0 saturated heterocycles. The van der Waals surface area contributed by atoms with E-state index in [1.54, 1.807) is 18.3 Å². The zero-order valence-electron chi connectivity index (χ0n) is 14.6. The van der Waals surface area contributed by atoms with Gasteiger partial charge >= 0.3 is 6.18 Å². The summed E-state index contributed by atoms with van der Waals surface area (Å²) in [7, 11) is 0. The van der Waals surface area contributed by atoms with Gasteiger partial charge in [-0.1, -0.05) is 32.0 Å². The maximum Gasteiger partial charge on any atom is 0.416 e. The van der Waals surface area contributed by atoms with E-state index in [2.05, 4.69) is 10.3 Å². The van der Waals surface area contributed by atoms with Crippen LogP contribution in [-0.4, -0.2) is 17.4 Å². The minimum atomic E-state index is -4.34. The lowest BCUT2D eigenvalue weighted by molar-refractivity contribution is -0.137. The van der Waals surface area contributed by atoms with Crippen molar-refractivity contribution < 1.29 is 22.7 Å². The third kappa shape index (κ3) is 6.15. The van der Waals surface area contributed by atoms with Gasteiger partial charge in [0.25, 0.3) is 5.91 Å². The molecule has 7 heteroatoms. The van der Waals surface area contributed by atoms with E-state index in [1.807, 2.05) is 13.8 Å². The molecule has 0 saturated carbocycles. The SMILES string of the molecule is CC(C)CNC(=O)c1ccc(COCc2ccc(C(F)(F)F)cc2)cn1.